The molecule has 0 spiro atoms. The SMILES string of the molecule is Cn1nnnc1SCSC1=C(C(=O)OC(c2ccccc2)c2ccccc2)N2C(=O)[C@@H](NC(=O)C(=NOC(c3ccccc3)(c3ccccc3)c3ccccc3)c3csc(NC(=O)OC(C)(C)C)n3)[C@@H]2SC1. The predicted octanol–water partition coefficient (Wildman–Crippen LogP) is 9.15. The highest BCUT2D eigenvalue weighted by Gasteiger charge is 2.55. The average molecular weight is 1040 g/mol. The van der Waals surface area contributed by atoms with Crippen molar-refractivity contribution in [2.75, 3.05) is 16.2 Å². The van der Waals surface area contributed by atoms with Gasteiger partial charge in [0.15, 0.2) is 16.9 Å². The van der Waals surface area contributed by atoms with Crippen molar-refractivity contribution in [2.45, 2.75) is 54.6 Å². The van der Waals surface area contributed by atoms with E-state index in [0.29, 0.717) is 37.6 Å². The molecule has 2 aliphatic heterocycles. The van der Waals surface area contributed by atoms with E-state index < -0.39 is 52.6 Å². The molecule has 2 atom stereocenters. The minimum atomic E-state index is -1.39. The maximum atomic E-state index is 15.0. The van der Waals surface area contributed by atoms with Crippen molar-refractivity contribution in [1.82, 2.24) is 35.4 Å². The lowest BCUT2D eigenvalue weighted by atomic mass is 9.80. The molecule has 20 heteroatoms. The van der Waals surface area contributed by atoms with Crippen LogP contribution in [0.3, 0.4) is 0 Å². The van der Waals surface area contributed by atoms with Crippen molar-refractivity contribution in [3.63, 3.8) is 0 Å². The van der Waals surface area contributed by atoms with Gasteiger partial charge in [0.25, 0.3) is 11.8 Å². The highest BCUT2D eigenvalue weighted by atomic mass is 32.2. The molecule has 4 heterocycles. The van der Waals surface area contributed by atoms with E-state index >= 15 is 0 Å². The van der Waals surface area contributed by atoms with Crippen molar-refractivity contribution < 1.29 is 33.5 Å². The lowest BCUT2D eigenvalue weighted by molar-refractivity contribution is -0.154. The number of carbonyl (C=O) groups excluding carboxylic acids is 4. The van der Waals surface area contributed by atoms with Crippen LogP contribution in [-0.2, 0) is 41.3 Å². The predicted molar refractivity (Wildman–Crippen MR) is 279 cm³/mol. The monoisotopic (exact) mass is 1040 g/mol. The molecule has 1 fully saturated rings. The number of tetrazole rings is 1. The van der Waals surface area contributed by atoms with Crippen LogP contribution in [0.4, 0.5) is 9.93 Å². The van der Waals surface area contributed by atoms with Gasteiger partial charge in [0.2, 0.25) is 10.8 Å². The molecule has 7 aromatic rings. The Labute approximate surface area is 432 Å². The zero-order valence-electron chi connectivity index (χ0n) is 39.3. The first-order chi connectivity index (χ1) is 34.9. The minimum Gasteiger partial charge on any atom is -0.448 e. The third kappa shape index (κ3) is 11.0. The van der Waals surface area contributed by atoms with E-state index in [1.165, 1.54) is 40.2 Å². The van der Waals surface area contributed by atoms with E-state index in [9.17, 15) is 19.2 Å². The van der Waals surface area contributed by atoms with Crippen LogP contribution in [0.5, 0.6) is 0 Å². The molecule has 0 saturated carbocycles. The molecule has 2 aromatic heterocycles. The lowest BCUT2D eigenvalue weighted by Crippen LogP contribution is -2.71. The van der Waals surface area contributed by atoms with Gasteiger partial charge in [-0.25, -0.2) is 19.3 Å². The second-order valence-electron chi connectivity index (χ2n) is 17.2. The Kier molecular flexibility index (Phi) is 15.2. The number of amides is 3. The Morgan fingerprint density at radius 2 is 1.36 bits per heavy atom. The quantitative estimate of drug-likeness (QED) is 0.0167. The molecule has 2 N–H and O–H groups in total. The summed E-state index contributed by atoms with van der Waals surface area (Å²) in [6.45, 7) is 5.22. The standard InChI is InChI=1S/C52H47N9O7S4/c1-51(2,3)67-50(65)55-48-53-38(30-70-48)40(57-68-52(35-24-14-7-15-25-35,36-26-16-8-17-27-36)37-28-18-9-19-29-37)44(62)54-41-45(63)61-42(39(31-69-46(41)61)71-32-72-49-56-58-59-60(49)4)47(64)66-43(33-20-10-5-11-21-33)34-22-12-6-13-23-34/h5-30,41,43,46H,31-32H2,1-4H3,(H,54,62)(H,53,55,65)/t41-,46+/m1/s1. The third-order valence-corrected chi connectivity index (χ3v) is 15.7. The molecule has 2 aliphatic rings. The molecule has 0 aliphatic carbocycles. The Hall–Kier alpha value is -7.26. The number of β-lactam (4-membered cyclic amide) rings is 1. The van der Waals surface area contributed by atoms with E-state index in [1.807, 2.05) is 152 Å². The summed E-state index contributed by atoms with van der Waals surface area (Å²) in [5.41, 5.74) is 1.32. The topological polar surface area (TPSA) is 192 Å². The maximum Gasteiger partial charge on any atom is 0.413 e. The minimum absolute atomic E-state index is 0.0536. The summed E-state index contributed by atoms with van der Waals surface area (Å²) in [6.07, 6.45) is -1.53. The molecule has 5 aromatic carbocycles. The number of thiazole rings is 1. The number of nitrogens with one attached hydrogen (secondary N) is 2. The second-order valence-corrected chi connectivity index (χ2v) is 21.5. The number of esters is 1. The van der Waals surface area contributed by atoms with Gasteiger partial charge in [-0.1, -0.05) is 169 Å². The number of aryl methyl sites for hydroxylation is 1. The fraction of sp³-hybridized carbons (Fsp3) is 0.212. The van der Waals surface area contributed by atoms with Gasteiger partial charge in [0, 0.05) is 39.8 Å². The summed E-state index contributed by atoms with van der Waals surface area (Å²) in [5.74, 6) is -1.71. The number of fused-ring (bicyclic) bond motifs is 1. The number of ether oxygens (including phenoxy) is 2. The van der Waals surface area contributed by atoms with Crippen molar-refractivity contribution >= 4 is 81.3 Å². The Morgan fingerprint density at radius 1 is 0.806 bits per heavy atom. The summed E-state index contributed by atoms with van der Waals surface area (Å²) in [7, 11) is 1.74. The van der Waals surface area contributed by atoms with Gasteiger partial charge in [0.05, 0.1) is 5.08 Å². The van der Waals surface area contributed by atoms with Crippen molar-refractivity contribution in [2.24, 2.45) is 12.2 Å². The number of oxime groups is 1. The number of anilines is 1. The lowest BCUT2D eigenvalue weighted by Gasteiger charge is -2.49. The van der Waals surface area contributed by atoms with Crippen LogP contribution >= 0.6 is 46.6 Å². The van der Waals surface area contributed by atoms with Crippen molar-refractivity contribution in [1.29, 1.82) is 0 Å². The number of aromatic nitrogens is 5. The van der Waals surface area contributed by atoms with Gasteiger partial charge in [-0.2, -0.15) is 0 Å². The number of hydrogen-bond donors (Lipinski definition) is 2. The van der Waals surface area contributed by atoms with Crippen LogP contribution in [0, 0.1) is 0 Å². The van der Waals surface area contributed by atoms with E-state index in [2.05, 4.69) is 36.3 Å². The summed E-state index contributed by atoms with van der Waals surface area (Å²) < 4.78 is 13.4. The van der Waals surface area contributed by atoms with Crippen LogP contribution in [0.25, 0.3) is 0 Å². The van der Waals surface area contributed by atoms with E-state index in [4.69, 9.17) is 14.3 Å². The summed E-state index contributed by atoms with van der Waals surface area (Å²) >= 11 is 5.20. The van der Waals surface area contributed by atoms with Crippen LogP contribution < -0.4 is 10.6 Å². The molecule has 0 unspecified atom stereocenters. The molecule has 72 heavy (non-hydrogen) atoms. The number of benzene rings is 5. The van der Waals surface area contributed by atoms with Crippen molar-refractivity contribution in [3.05, 3.63) is 201 Å². The van der Waals surface area contributed by atoms with Crippen LogP contribution in [0.15, 0.2) is 178 Å². The van der Waals surface area contributed by atoms with E-state index in [-0.39, 0.29) is 22.2 Å². The van der Waals surface area contributed by atoms with Gasteiger partial charge in [-0.05, 0) is 42.3 Å². The zero-order chi connectivity index (χ0) is 50.2. The number of carbonyl (C=O) groups is 4. The smallest absolute Gasteiger partial charge is 0.413 e. The fourth-order valence-corrected chi connectivity index (χ4v) is 12.2. The Bertz CT molecular complexity index is 2960. The molecule has 3 amide bonds. The van der Waals surface area contributed by atoms with Crippen molar-refractivity contribution in [3.8, 4) is 0 Å². The van der Waals surface area contributed by atoms with Crippen LogP contribution in [-0.4, -0.2) is 87.5 Å². The Balaban J connectivity index is 1.06. The number of nitrogens with zero attached hydrogens (tertiary/aromatic N) is 7. The average Bonchev–Trinajstić information content (AvgIpc) is 4.04. The molecule has 1 saturated heterocycles. The van der Waals surface area contributed by atoms with Crippen LogP contribution in [0.2, 0.25) is 0 Å². The van der Waals surface area contributed by atoms with Crippen LogP contribution in [0.1, 0.15) is 60.4 Å². The van der Waals surface area contributed by atoms with E-state index in [1.54, 1.807) is 37.9 Å². The first-order valence-electron chi connectivity index (χ1n) is 22.6. The molecule has 366 valence electrons. The first kappa shape index (κ1) is 49.7. The zero-order valence-corrected chi connectivity index (χ0v) is 42.5. The van der Waals surface area contributed by atoms with Gasteiger partial charge in [-0.15, -0.1) is 40.0 Å². The first-order valence-corrected chi connectivity index (χ1v) is 26.5. The number of hydrogen-bond acceptors (Lipinski definition) is 16. The van der Waals surface area contributed by atoms with Gasteiger partial charge in [0.1, 0.15) is 28.4 Å². The molecule has 0 bridgehead atoms. The molecular formula is C52H47N9O7S4. The summed E-state index contributed by atoms with van der Waals surface area (Å²) in [5, 5.41) is 23.9. The summed E-state index contributed by atoms with van der Waals surface area (Å²) in [6, 6.07) is 46.2. The third-order valence-electron chi connectivity index (χ3n) is 11.2. The summed E-state index contributed by atoms with van der Waals surface area (Å²) in [4.78, 5) is 70.6. The Morgan fingerprint density at radius 3 is 1.89 bits per heavy atom. The van der Waals surface area contributed by atoms with Gasteiger partial charge < -0.3 is 19.6 Å². The number of thioether (sulfide) groups is 3. The number of rotatable bonds is 17. The molecule has 0 radical (unpaired) electrons. The highest BCUT2D eigenvalue weighted by Crippen LogP contribution is 2.46. The van der Waals surface area contributed by atoms with Gasteiger partial charge >= 0.3 is 12.1 Å². The normalized spacial score (nSPS) is 15.9. The van der Waals surface area contributed by atoms with Gasteiger partial charge in [-0.3, -0.25) is 19.8 Å². The maximum absolute atomic E-state index is 15.0. The second kappa shape index (κ2) is 22.0. The molecular weight excluding hydrogens is 991 g/mol. The largest absolute Gasteiger partial charge is 0.448 e. The van der Waals surface area contributed by atoms with E-state index in [0.717, 1.165) is 22.5 Å². The molecule has 16 nitrogen and oxygen atoms in total. The highest BCUT2D eigenvalue weighted by molar-refractivity contribution is 8.18. The fourth-order valence-electron chi connectivity index (χ4n) is 7.97. The molecule has 9 rings (SSSR count).